The zero-order valence-corrected chi connectivity index (χ0v) is 14.8. The van der Waals surface area contributed by atoms with E-state index >= 15 is 0 Å². The Morgan fingerprint density at radius 2 is 1.78 bits per heavy atom. The van der Waals surface area contributed by atoms with Crippen molar-refractivity contribution in [2.45, 2.75) is 13.5 Å². The van der Waals surface area contributed by atoms with E-state index in [0.717, 1.165) is 28.3 Å². The second kappa shape index (κ2) is 6.96. The van der Waals surface area contributed by atoms with Gasteiger partial charge in [-0.15, -0.1) is 0 Å². The molecule has 0 fully saturated rings. The SMILES string of the molecule is Cc1nc2cc(C(=O)O)ccc2n1-c1ccc(OCc2ccccc2)cc1. The van der Waals surface area contributed by atoms with Crippen LogP contribution in [0.5, 0.6) is 5.75 Å². The predicted octanol–water partition coefficient (Wildman–Crippen LogP) is 4.61. The van der Waals surface area contributed by atoms with Gasteiger partial charge in [0, 0.05) is 5.69 Å². The van der Waals surface area contributed by atoms with Crippen molar-refractivity contribution in [3.63, 3.8) is 0 Å². The lowest BCUT2D eigenvalue weighted by Crippen LogP contribution is -1.99. The van der Waals surface area contributed by atoms with E-state index in [0.29, 0.717) is 12.1 Å². The van der Waals surface area contributed by atoms with E-state index in [1.54, 1.807) is 18.2 Å². The summed E-state index contributed by atoms with van der Waals surface area (Å²) in [6, 6.07) is 22.8. The van der Waals surface area contributed by atoms with Gasteiger partial charge in [0.15, 0.2) is 0 Å². The normalized spacial score (nSPS) is 10.9. The number of ether oxygens (including phenoxy) is 1. The average molecular weight is 358 g/mol. The van der Waals surface area contributed by atoms with E-state index in [1.165, 1.54) is 0 Å². The molecule has 0 unspecified atom stereocenters. The molecule has 0 aliphatic heterocycles. The molecule has 0 aliphatic carbocycles. The van der Waals surface area contributed by atoms with Crippen molar-refractivity contribution in [1.29, 1.82) is 0 Å². The summed E-state index contributed by atoms with van der Waals surface area (Å²) in [5, 5.41) is 9.15. The first-order valence-corrected chi connectivity index (χ1v) is 8.61. The maximum Gasteiger partial charge on any atom is 0.335 e. The molecule has 4 rings (SSSR count). The Kier molecular flexibility index (Phi) is 4.34. The minimum absolute atomic E-state index is 0.233. The highest BCUT2D eigenvalue weighted by atomic mass is 16.5. The first-order valence-electron chi connectivity index (χ1n) is 8.61. The molecule has 1 aromatic heterocycles. The van der Waals surface area contributed by atoms with Crippen molar-refractivity contribution in [2.75, 3.05) is 0 Å². The van der Waals surface area contributed by atoms with Gasteiger partial charge in [0.25, 0.3) is 0 Å². The summed E-state index contributed by atoms with van der Waals surface area (Å²) < 4.78 is 7.84. The Bertz CT molecular complexity index is 1100. The largest absolute Gasteiger partial charge is 0.489 e. The van der Waals surface area contributed by atoms with Crippen LogP contribution in [0.25, 0.3) is 16.7 Å². The van der Waals surface area contributed by atoms with Gasteiger partial charge < -0.3 is 9.84 Å². The van der Waals surface area contributed by atoms with Crippen LogP contribution in [0, 0.1) is 6.92 Å². The first-order chi connectivity index (χ1) is 13.1. The number of nitrogens with zero attached hydrogens (tertiary/aromatic N) is 2. The molecule has 0 spiro atoms. The molecule has 3 aromatic carbocycles. The smallest absolute Gasteiger partial charge is 0.335 e. The number of aromatic carboxylic acids is 1. The highest BCUT2D eigenvalue weighted by Gasteiger charge is 2.12. The van der Waals surface area contributed by atoms with Gasteiger partial charge in [-0.1, -0.05) is 30.3 Å². The fourth-order valence-corrected chi connectivity index (χ4v) is 3.09. The van der Waals surface area contributed by atoms with Crippen molar-refractivity contribution in [2.24, 2.45) is 0 Å². The number of carbonyl (C=O) groups is 1. The topological polar surface area (TPSA) is 64.3 Å². The molecule has 1 N–H and O–H groups in total. The van der Waals surface area contributed by atoms with Crippen LogP contribution in [0.3, 0.4) is 0 Å². The van der Waals surface area contributed by atoms with Gasteiger partial charge in [-0.2, -0.15) is 0 Å². The van der Waals surface area contributed by atoms with Gasteiger partial charge in [0.05, 0.1) is 16.6 Å². The molecule has 4 aromatic rings. The lowest BCUT2D eigenvalue weighted by Gasteiger charge is -2.10. The minimum Gasteiger partial charge on any atom is -0.489 e. The molecule has 5 nitrogen and oxygen atoms in total. The standard InChI is InChI=1S/C22H18N2O3/c1-15-23-20-13-17(22(25)26)7-12-21(20)24(15)18-8-10-19(11-9-18)27-14-16-5-3-2-4-6-16/h2-13H,14H2,1H3,(H,25,26). The van der Waals surface area contributed by atoms with Gasteiger partial charge in [-0.05, 0) is 55.0 Å². The second-order valence-corrected chi connectivity index (χ2v) is 6.27. The molecule has 27 heavy (non-hydrogen) atoms. The number of aromatic nitrogens is 2. The Balaban J connectivity index is 1.60. The van der Waals surface area contributed by atoms with Crippen LogP contribution in [0.2, 0.25) is 0 Å². The Morgan fingerprint density at radius 1 is 1.04 bits per heavy atom. The van der Waals surface area contributed by atoms with Gasteiger partial charge in [-0.3, -0.25) is 4.57 Å². The number of benzene rings is 3. The van der Waals surface area contributed by atoms with Crippen LogP contribution in [0.1, 0.15) is 21.7 Å². The van der Waals surface area contributed by atoms with E-state index in [1.807, 2.05) is 66.1 Å². The number of imidazole rings is 1. The summed E-state index contributed by atoms with van der Waals surface area (Å²) in [5.41, 5.74) is 3.83. The lowest BCUT2D eigenvalue weighted by atomic mass is 10.2. The molecule has 5 heteroatoms. The number of aryl methyl sites for hydroxylation is 1. The fourth-order valence-electron chi connectivity index (χ4n) is 3.09. The van der Waals surface area contributed by atoms with Crippen molar-refractivity contribution < 1.29 is 14.6 Å². The van der Waals surface area contributed by atoms with E-state index in [9.17, 15) is 4.79 Å². The summed E-state index contributed by atoms with van der Waals surface area (Å²) in [7, 11) is 0. The maximum atomic E-state index is 11.2. The Morgan fingerprint density at radius 3 is 2.48 bits per heavy atom. The molecular weight excluding hydrogens is 340 g/mol. The third-order valence-corrected chi connectivity index (χ3v) is 4.41. The zero-order valence-electron chi connectivity index (χ0n) is 14.8. The molecular formula is C22H18N2O3. The zero-order chi connectivity index (χ0) is 18.8. The second-order valence-electron chi connectivity index (χ2n) is 6.27. The molecule has 0 bridgehead atoms. The van der Waals surface area contributed by atoms with Gasteiger partial charge >= 0.3 is 5.97 Å². The van der Waals surface area contributed by atoms with Crippen molar-refractivity contribution in [3.8, 4) is 11.4 Å². The number of hydrogen-bond donors (Lipinski definition) is 1. The van der Waals surface area contributed by atoms with Crippen LogP contribution in [0.15, 0.2) is 72.8 Å². The molecule has 0 atom stereocenters. The summed E-state index contributed by atoms with van der Waals surface area (Å²) in [6.45, 7) is 2.42. The van der Waals surface area contributed by atoms with Crippen molar-refractivity contribution >= 4 is 17.0 Å². The average Bonchev–Trinajstić information content (AvgIpc) is 3.02. The van der Waals surface area contributed by atoms with E-state index in [2.05, 4.69) is 4.98 Å². The quantitative estimate of drug-likeness (QED) is 0.566. The van der Waals surface area contributed by atoms with E-state index in [-0.39, 0.29) is 5.56 Å². The van der Waals surface area contributed by atoms with E-state index in [4.69, 9.17) is 9.84 Å². The number of hydrogen-bond acceptors (Lipinski definition) is 3. The lowest BCUT2D eigenvalue weighted by molar-refractivity contribution is 0.0697. The van der Waals surface area contributed by atoms with Crippen molar-refractivity contribution in [3.05, 3.63) is 89.7 Å². The van der Waals surface area contributed by atoms with Gasteiger partial charge in [0.2, 0.25) is 0 Å². The predicted molar refractivity (Wildman–Crippen MR) is 104 cm³/mol. The van der Waals surface area contributed by atoms with Crippen LogP contribution >= 0.6 is 0 Å². The summed E-state index contributed by atoms with van der Waals surface area (Å²) in [4.78, 5) is 15.7. The number of fused-ring (bicyclic) bond motifs is 1. The number of carboxylic acid groups (broad SMARTS) is 1. The summed E-state index contributed by atoms with van der Waals surface area (Å²) >= 11 is 0. The third-order valence-electron chi connectivity index (χ3n) is 4.41. The molecule has 0 amide bonds. The van der Waals surface area contributed by atoms with Gasteiger partial charge in [-0.25, -0.2) is 9.78 Å². The highest BCUT2D eigenvalue weighted by Crippen LogP contribution is 2.24. The van der Waals surface area contributed by atoms with Crippen LogP contribution in [-0.4, -0.2) is 20.6 Å². The molecule has 0 radical (unpaired) electrons. The molecule has 0 saturated heterocycles. The van der Waals surface area contributed by atoms with Gasteiger partial charge in [0.1, 0.15) is 18.2 Å². The molecule has 0 aliphatic rings. The minimum atomic E-state index is -0.955. The first kappa shape index (κ1) is 16.8. The highest BCUT2D eigenvalue weighted by molar-refractivity contribution is 5.92. The summed E-state index contributed by atoms with van der Waals surface area (Å²) in [5.74, 6) is 0.632. The Labute approximate surface area is 156 Å². The summed E-state index contributed by atoms with van der Waals surface area (Å²) in [6.07, 6.45) is 0. The molecule has 1 heterocycles. The monoisotopic (exact) mass is 358 g/mol. The Hall–Kier alpha value is -3.60. The number of rotatable bonds is 5. The molecule has 0 saturated carbocycles. The van der Waals surface area contributed by atoms with Crippen molar-refractivity contribution in [1.82, 2.24) is 9.55 Å². The third kappa shape index (κ3) is 3.40. The van der Waals surface area contributed by atoms with Crippen LogP contribution in [0.4, 0.5) is 0 Å². The number of carboxylic acids is 1. The molecule has 134 valence electrons. The fraction of sp³-hybridized carbons (Fsp3) is 0.0909. The van der Waals surface area contributed by atoms with E-state index < -0.39 is 5.97 Å². The maximum absolute atomic E-state index is 11.2. The van der Waals surface area contributed by atoms with Crippen LogP contribution < -0.4 is 4.74 Å². The van der Waals surface area contributed by atoms with Crippen LogP contribution in [-0.2, 0) is 6.61 Å².